The SMILES string of the molecule is C.CC(C)CNS(=O)(=O)C(C)(F)F.CCS(=O)(=O)NCC(C)C. The lowest BCUT2D eigenvalue weighted by Crippen LogP contribution is -2.39. The van der Waals surface area contributed by atoms with Crippen LogP contribution >= 0.6 is 0 Å². The second-order valence-corrected chi connectivity index (χ2v) is 9.81. The molecule has 0 rings (SSSR count). The number of rotatable bonds is 8. The lowest BCUT2D eigenvalue weighted by molar-refractivity contribution is 0.112. The maximum absolute atomic E-state index is 12.3. The molecule has 0 amide bonds. The first-order valence-corrected chi connectivity index (χ1v) is 10.1. The fraction of sp³-hybridized carbons (Fsp3) is 1.00. The molecule has 0 heterocycles. The van der Waals surface area contributed by atoms with Gasteiger partial charge in [-0.25, -0.2) is 26.3 Å². The van der Waals surface area contributed by atoms with Crippen molar-refractivity contribution in [1.29, 1.82) is 0 Å². The topological polar surface area (TPSA) is 92.3 Å². The summed E-state index contributed by atoms with van der Waals surface area (Å²) in [4.78, 5) is 0. The van der Waals surface area contributed by atoms with E-state index in [1.807, 2.05) is 18.6 Å². The first-order chi connectivity index (χ1) is 9.64. The summed E-state index contributed by atoms with van der Waals surface area (Å²) in [5.74, 6) is 0.558. The van der Waals surface area contributed by atoms with Gasteiger partial charge >= 0.3 is 5.25 Å². The number of sulfonamides is 2. The molecule has 0 saturated carbocycles. The Morgan fingerprint density at radius 1 is 0.913 bits per heavy atom. The molecule has 0 aromatic heterocycles. The van der Waals surface area contributed by atoms with Crippen molar-refractivity contribution in [2.45, 2.75) is 54.2 Å². The van der Waals surface area contributed by atoms with E-state index in [1.54, 1.807) is 20.8 Å². The highest BCUT2D eigenvalue weighted by Gasteiger charge is 2.38. The van der Waals surface area contributed by atoms with Crippen LogP contribution in [-0.2, 0) is 20.0 Å². The number of nitrogens with one attached hydrogen (secondary N) is 2. The molecule has 0 aromatic carbocycles. The van der Waals surface area contributed by atoms with Gasteiger partial charge < -0.3 is 0 Å². The van der Waals surface area contributed by atoms with Gasteiger partial charge in [-0.05, 0) is 18.8 Å². The van der Waals surface area contributed by atoms with Crippen molar-refractivity contribution in [3.63, 3.8) is 0 Å². The molecule has 0 aliphatic rings. The Labute approximate surface area is 140 Å². The summed E-state index contributed by atoms with van der Waals surface area (Å²) in [6.07, 6.45) is 0. The van der Waals surface area contributed by atoms with Gasteiger partial charge in [0, 0.05) is 20.0 Å². The average molecular weight is 383 g/mol. The molecule has 0 atom stereocenters. The van der Waals surface area contributed by atoms with Crippen LogP contribution in [-0.4, -0.2) is 40.9 Å². The standard InChI is InChI=1S/C6H13F2NO2S.C6H15NO2S.CH4/c1-5(2)4-9-12(10,11)6(3,7)8;1-4-10(8,9)7-5-6(2)3;/h5,9H,4H2,1-3H3;6-7H,4-5H2,1-3H3;1H4. The maximum Gasteiger partial charge on any atom is 0.356 e. The minimum atomic E-state index is -4.48. The van der Waals surface area contributed by atoms with E-state index in [1.165, 1.54) is 0 Å². The van der Waals surface area contributed by atoms with Crippen LogP contribution in [0.2, 0.25) is 0 Å². The zero-order valence-corrected chi connectivity index (χ0v) is 15.6. The van der Waals surface area contributed by atoms with Crippen LogP contribution in [0, 0.1) is 11.8 Å². The second kappa shape index (κ2) is 11.3. The molecule has 0 aliphatic heterocycles. The van der Waals surface area contributed by atoms with E-state index in [9.17, 15) is 25.6 Å². The minimum Gasteiger partial charge on any atom is -0.215 e. The third-order valence-electron chi connectivity index (χ3n) is 2.25. The average Bonchev–Trinajstić information content (AvgIpc) is 2.34. The first kappa shape index (κ1) is 27.5. The molecule has 6 nitrogen and oxygen atoms in total. The predicted octanol–water partition coefficient (Wildman–Crippen LogP) is 2.39. The molecular weight excluding hydrogens is 350 g/mol. The molecule has 0 fully saturated rings. The minimum absolute atomic E-state index is 0. The summed E-state index contributed by atoms with van der Waals surface area (Å²) < 4.78 is 71.9. The number of hydrogen-bond acceptors (Lipinski definition) is 4. The number of alkyl halides is 2. The molecule has 0 spiro atoms. The quantitative estimate of drug-likeness (QED) is 0.674. The van der Waals surface area contributed by atoms with Crippen molar-refractivity contribution in [3.05, 3.63) is 0 Å². The highest BCUT2D eigenvalue weighted by molar-refractivity contribution is 7.90. The summed E-state index contributed by atoms with van der Waals surface area (Å²) in [7, 11) is -7.44. The molecular formula is C13H32F2N2O4S2. The molecule has 23 heavy (non-hydrogen) atoms. The third-order valence-corrected chi connectivity index (χ3v) is 5.10. The fourth-order valence-corrected chi connectivity index (χ4v) is 2.40. The van der Waals surface area contributed by atoms with E-state index < -0.39 is 25.3 Å². The highest BCUT2D eigenvalue weighted by Crippen LogP contribution is 2.18. The molecule has 10 heteroatoms. The summed E-state index contributed by atoms with van der Waals surface area (Å²) >= 11 is 0. The van der Waals surface area contributed by atoms with Crippen LogP contribution in [0.5, 0.6) is 0 Å². The molecule has 144 valence electrons. The van der Waals surface area contributed by atoms with Crippen molar-refractivity contribution >= 4 is 20.0 Å². The Morgan fingerprint density at radius 2 is 1.26 bits per heavy atom. The Morgan fingerprint density at radius 3 is 1.52 bits per heavy atom. The zero-order chi connectivity index (χ0) is 18.2. The van der Waals surface area contributed by atoms with E-state index in [2.05, 4.69) is 4.72 Å². The van der Waals surface area contributed by atoms with E-state index in [4.69, 9.17) is 0 Å². The molecule has 0 bridgehead atoms. The van der Waals surface area contributed by atoms with Crippen LogP contribution in [0.4, 0.5) is 8.78 Å². The van der Waals surface area contributed by atoms with Crippen LogP contribution in [0.15, 0.2) is 0 Å². The molecule has 0 radical (unpaired) electrons. The van der Waals surface area contributed by atoms with Crippen molar-refractivity contribution in [2.24, 2.45) is 11.8 Å². The van der Waals surface area contributed by atoms with E-state index in [0.29, 0.717) is 19.4 Å². The summed E-state index contributed by atoms with van der Waals surface area (Å²) in [5, 5.41) is -3.71. The molecule has 0 saturated heterocycles. The monoisotopic (exact) mass is 382 g/mol. The van der Waals surface area contributed by atoms with Crippen molar-refractivity contribution in [2.75, 3.05) is 18.8 Å². The molecule has 0 unspecified atom stereocenters. The largest absolute Gasteiger partial charge is 0.356 e. The van der Waals surface area contributed by atoms with E-state index in [0.717, 1.165) is 0 Å². The van der Waals surface area contributed by atoms with Gasteiger partial charge in [0.1, 0.15) is 0 Å². The number of halogens is 2. The third kappa shape index (κ3) is 15.0. The van der Waals surface area contributed by atoms with Gasteiger partial charge in [-0.2, -0.15) is 8.78 Å². The first-order valence-electron chi connectivity index (χ1n) is 6.99. The molecule has 2 N–H and O–H groups in total. The van der Waals surface area contributed by atoms with Crippen LogP contribution in [0.3, 0.4) is 0 Å². The van der Waals surface area contributed by atoms with Crippen molar-refractivity contribution in [3.8, 4) is 0 Å². The smallest absolute Gasteiger partial charge is 0.215 e. The van der Waals surface area contributed by atoms with Crippen molar-refractivity contribution < 1.29 is 25.6 Å². The van der Waals surface area contributed by atoms with E-state index >= 15 is 0 Å². The molecule has 0 aliphatic carbocycles. The Bertz CT molecular complexity index is 499. The van der Waals surface area contributed by atoms with Gasteiger partial charge in [-0.1, -0.05) is 35.1 Å². The molecule has 0 aromatic rings. The van der Waals surface area contributed by atoms with Gasteiger partial charge in [0.05, 0.1) is 5.75 Å². The number of hydrogen-bond donors (Lipinski definition) is 2. The van der Waals surface area contributed by atoms with Crippen LogP contribution in [0.25, 0.3) is 0 Å². The lowest BCUT2D eigenvalue weighted by atomic mass is 10.2. The summed E-state index contributed by atoms with van der Waals surface area (Å²) in [5.41, 5.74) is 0. The predicted molar refractivity (Wildman–Crippen MR) is 91.4 cm³/mol. The Hall–Kier alpha value is -0.320. The van der Waals surface area contributed by atoms with Gasteiger partial charge in [-0.15, -0.1) is 0 Å². The van der Waals surface area contributed by atoms with Gasteiger partial charge in [0.15, 0.2) is 0 Å². The van der Waals surface area contributed by atoms with Crippen LogP contribution < -0.4 is 9.44 Å². The van der Waals surface area contributed by atoms with Crippen LogP contribution in [0.1, 0.15) is 49.0 Å². The normalized spacial score (nSPS) is 12.6. The Balaban J connectivity index is -0.000000338. The fourth-order valence-electron chi connectivity index (χ4n) is 0.799. The maximum atomic E-state index is 12.3. The Kier molecular flexibility index (Phi) is 13.5. The van der Waals surface area contributed by atoms with Crippen molar-refractivity contribution in [1.82, 2.24) is 9.44 Å². The summed E-state index contributed by atoms with van der Waals surface area (Å²) in [6.45, 7) is 9.96. The van der Waals surface area contributed by atoms with E-state index in [-0.39, 0.29) is 25.6 Å². The van der Waals surface area contributed by atoms with Gasteiger partial charge in [0.2, 0.25) is 10.0 Å². The highest BCUT2D eigenvalue weighted by atomic mass is 32.2. The summed E-state index contributed by atoms with van der Waals surface area (Å²) in [6, 6.07) is 0. The lowest BCUT2D eigenvalue weighted by Gasteiger charge is -2.13. The zero-order valence-electron chi connectivity index (χ0n) is 14.0. The van der Waals surface area contributed by atoms with Gasteiger partial charge in [0.25, 0.3) is 10.0 Å². The second-order valence-electron chi connectivity index (χ2n) is 5.70. The van der Waals surface area contributed by atoms with Gasteiger partial charge in [-0.3, -0.25) is 0 Å².